The minimum atomic E-state index is -0.832. The van der Waals surface area contributed by atoms with Crippen molar-refractivity contribution in [3.05, 3.63) is 42.0 Å². The number of alkyl halides is 1. The highest BCUT2D eigenvalue weighted by atomic mass is 19.1. The molecule has 1 heterocycles. The highest BCUT2D eigenvalue weighted by Crippen LogP contribution is 2.33. The minimum absolute atomic E-state index is 0.112. The topological polar surface area (TPSA) is 3.24 Å². The first-order chi connectivity index (χ1) is 9.33. The van der Waals surface area contributed by atoms with E-state index >= 15 is 0 Å². The van der Waals surface area contributed by atoms with Gasteiger partial charge in [0.25, 0.3) is 0 Å². The normalized spacial score (nSPS) is 26.1. The van der Waals surface area contributed by atoms with Crippen molar-refractivity contribution in [1.29, 1.82) is 0 Å². The van der Waals surface area contributed by atoms with Crippen molar-refractivity contribution in [3.63, 3.8) is 0 Å². The molecular weight excluding hydrogens is 237 g/mol. The van der Waals surface area contributed by atoms with Crippen LogP contribution in [0, 0.1) is 5.92 Å². The molecule has 1 aliphatic heterocycles. The zero-order valence-corrected chi connectivity index (χ0v) is 11.3. The molecule has 0 amide bonds. The Bertz CT molecular complexity index is 424. The average molecular weight is 259 g/mol. The van der Waals surface area contributed by atoms with Crippen LogP contribution < -0.4 is 0 Å². The molecule has 3 rings (SSSR count). The van der Waals surface area contributed by atoms with Crippen molar-refractivity contribution in [3.8, 4) is 0 Å². The van der Waals surface area contributed by atoms with E-state index in [-0.39, 0.29) is 6.04 Å². The number of hydrogen-bond donors (Lipinski definition) is 0. The Labute approximate surface area is 115 Å². The molecule has 1 aromatic rings. The molecule has 1 nitrogen and oxygen atoms in total. The molecule has 0 aromatic heterocycles. The molecular formula is C17H22FN. The lowest BCUT2D eigenvalue weighted by atomic mass is 10.1. The largest absolute Gasteiger partial charge is 0.297 e. The molecule has 2 aliphatic rings. The fourth-order valence-electron chi connectivity index (χ4n) is 2.97. The summed E-state index contributed by atoms with van der Waals surface area (Å²) in [5.74, 6) is 0.853. The van der Waals surface area contributed by atoms with Gasteiger partial charge in [-0.2, -0.15) is 0 Å². The molecule has 19 heavy (non-hydrogen) atoms. The summed E-state index contributed by atoms with van der Waals surface area (Å²) in [6, 6.07) is 10.1. The molecule has 2 heteroatoms. The van der Waals surface area contributed by atoms with Crippen LogP contribution in [0.5, 0.6) is 0 Å². The highest BCUT2D eigenvalue weighted by molar-refractivity contribution is 5.49. The summed E-state index contributed by atoms with van der Waals surface area (Å²) in [4.78, 5) is 2.37. The van der Waals surface area contributed by atoms with E-state index in [1.165, 1.54) is 12.8 Å². The van der Waals surface area contributed by atoms with E-state index in [9.17, 15) is 4.39 Å². The number of likely N-dealkylation sites (tertiary alicyclic amines) is 1. The van der Waals surface area contributed by atoms with E-state index in [0.29, 0.717) is 0 Å². The maximum absolute atomic E-state index is 14.4. The van der Waals surface area contributed by atoms with Gasteiger partial charge in [0.1, 0.15) is 6.17 Å². The van der Waals surface area contributed by atoms with Crippen LogP contribution in [0.4, 0.5) is 4.39 Å². The third kappa shape index (κ3) is 3.44. The summed E-state index contributed by atoms with van der Waals surface area (Å²) in [7, 11) is 0. The molecule has 0 N–H and O–H groups in total. The number of halogens is 1. The standard InChI is InChI=1S/C17H22FN/c18-16(11-10-14-5-2-1-3-6-14)17-7-4-12-19(17)13-15-8-9-15/h1-3,5-6,10-11,15-17H,4,7-9,12-13H2/b11-10+. The quantitative estimate of drug-likeness (QED) is 0.775. The number of nitrogens with zero attached hydrogens (tertiary/aromatic N) is 1. The van der Waals surface area contributed by atoms with Crippen LogP contribution in [-0.2, 0) is 0 Å². The molecule has 2 unspecified atom stereocenters. The summed E-state index contributed by atoms with van der Waals surface area (Å²) in [6.45, 7) is 2.20. The van der Waals surface area contributed by atoms with Gasteiger partial charge in [-0.25, -0.2) is 4.39 Å². The lowest BCUT2D eigenvalue weighted by molar-refractivity contribution is 0.171. The summed E-state index contributed by atoms with van der Waals surface area (Å²) in [5, 5.41) is 0. The summed E-state index contributed by atoms with van der Waals surface area (Å²) in [5.41, 5.74) is 1.08. The second kappa shape index (κ2) is 5.87. The van der Waals surface area contributed by atoms with Crippen molar-refractivity contribution < 1.29 is 4.39 Å². The van der Waals surface area contributed by atoms with Gasteiger partial charge in [0.05, 0.1) is 0 Å². The Morgan fingerprint density at radius 1 is 1.21 bits per heavy atom. The fourth-order valence-corrected chi connectivity index (χ4v) is 2.97. The summed E-state index contributed by atoms with van der Waals surface area (Å²) in [6.07, 6.45) is 7.68. The van der Waals surface area contributed by atoms with E-state index < -0.39 is 6.17 Å². The Morgan fingerprint density at radius 2 is 2.00 bits per heavy atom. The lowest BCUT2D eigenvalue weighted by Crippen LogP contribution is -2.37. The Balaban J connectivity index is 1.59. The van der Waals surface area contributed by atoms with Crippen molar-refractivity contribution in [2.75, 3.05) is 13.1 Å². The molecule has 0 spiro atoms. The van der Waals surface area contributed by atoms with Crippen LogP contribution in [-0.4, -0.2) is 30.2 Å². The molecule has 1 aromatic carbocycles. The highest BCUT2D eigenvalue weighted by Gasteiger charge is 2.34. The number of benzene rings is 1. The van der Waals surface area contributed by atoms with E-state index in [0.717, 1.165) is 37.4 Å². The first-order valence-corrected chi connectivity index (χ1v) is 7.44. The molecule has 0 radical (unpaired) electrons. The van der Waals surface area contributed by atoms with Gasteiger partial charge in [-0.1, -0.05) is 36.4 Å². The first-order valence-electron chi connectivity index (χ1n) is 7.44. The van der Waals surface area contributed by atoms with Gasteiger partial charge in [-0.15, -0.1) is 0 Å². The molecule has 1 saturated heterocycles. The molecule has 2 atom stereocenters. The predicted octanol–water partition coefficient (Wildman–Crippen LogP) is 3.91. The van der Waals surface area contributed by atoms with Gasteiger partial charge in [0, 0.05) is 12.6 Å². The van der Waals surface area contributed by atoms with Gasteiger partial charge in [-0.3, -0.25) is 4.90 Å². The van der Waals surface area contributed by atoms with Crippen molar-refractivity contribution in [2.45, 2.75) is 37.9 Å². The van der Waals surface area contributed by atoms with Gasteiger partial charge in [0.2, 0.25) is 0 Å². The summed E-state index contributed by atoms with van der Waals surface area (Å²) >= 11 is 0. The van der Waals surface area contributed by atoms with Crippen molar-refractivity contribution >= 4 is 6.08 Å². The molecule has 1 aliphatic carbocycles. The zero-order valence-electron chi connectivity index (χ0n) is 11.3. The minimum Gasteiger partial charge on any atom is -0.297 e. The Morgan fingerprint density at radius 3 is 2.74 bits per heavy atom. The molecule has 2 fully saturated rings. The van der Waals surface area contributed by atoms with Crippen LogP contribution in [0.15, 0.2) is 36.4 Å². The molecule has 102 valence electrons. The maximum Gasteiger partial charge on any atom is 0.134 e. The summed E-state index contributed by atoms with van der Waals surface area (Å²) < 4.78 is 14.4. The lowest BCUT2D eigenvalue weighted by Gasteiger charge is -2.25. The van der Waals surface area contributed by atoms with E-state index in [1.807, 2.05) is 36.4 Å². The van der Waals surface area contributed by atoms with E-state index in [4.69, 9.17) is 0 Å². The fraction of sp³-hybridized carbons (Fsp3) is 0.529. The number of rotatable bonds is 5. The third-order valence-electron chi connectivity index (χ3n) is 4.24. The van der Waals surface area contributed by atoms with Gasteiger partial charge >= 0.3 is 0 Å². The van der Waals surface area contributed by atoms with Gasteiger partial charge in [-0.05, 0) is 49.8 Å². The first kappa shape index (κ1) is 12.9. The molecule has 0 bridgehead atoms. The number of hydrogen-bond acceptors (Lipinski definition) is 1. The zero-order chi connectivity index (χ0) is 13.1. The van der Waals surface area contributed by atoms with Crippen LogP contribution in [0.25, 0.3) is 6.08 Å². The smallest absolute Gasteiger partial charge is 0.134 e. The van der Waals surface area contributed by atoms with Crippen molar-refractivity contribution in [1.82, 2.24) is 4.90 Å². The van der Waals surface area contributed by atoms with Crippen LogP contribution in [0.3, 0.4) is 0 Å². The monoisotopic (exact) mass is 259 g/mol. The molecule has 1 saturated carbocycles. The van der Waals surface area contributed by atoms with Crippen LogP contribution in [0.1, 0.15) is 31.2 Å². The Hall–Kier alpha value is -1.15. The SMILES string of the molecule is FC(/C=C/c1ccccc1)C1CCCN1CC1CC1. The van der Waals surface area contributed by atoms with Gasteiger partial charge in [0.15, 0.2) is 0 Å². The van der Waals surface area contributed by atoms with Crippen LogP contribution in [0.2, 0.25) is 0 Å². The van der Waals surface area contributed by atoms with E-state index in [2.05, 4.69) is 4.90 Å². The predicted molar refractivity (Wildman–Crippen MR) is 77.7 cm³/mol. The second-order valence-electron chi connectivity index (χ2n) is 5.86. The third-order valence-corrected chi connectivity index (χ3v) is 4.24. The second-order valence-corrected chi connectivity index (χ2v) is 5.86. The Kier molecular flexibility index (Phi) is 3.97. The van der Waals surface area contributed by atoms with Crippen LogP contribution >= 0.6 is 0 Å². The average Bonchev–Trinajstić information content (AvgIpc) is 3.13. The van der Waals surface area contributed by atoms with Crippen molar-refractivity contribution in [2.24, 2.45) is 5.92 Å². The van der Waals surface area contributed by atoms with E-state index in [1.54, 1.807) is 6.08 Å². The maximum atomic E-state index is 14.4. The van der Waals surface area contributed by atoms with Gasteiger partial charge < -0.3 is 0 Å².